The van der Waals surface area contributed by atoms with E-state index in [9.17, 15) is 9.59 Å². The zero-order valence-electron chi connectivity index (χ0n) is 13.0. The Bertz CT molecular complexity index is 854. The highest BCUT2D eigenvalue weighted by Crippen LogP contribution is 2.19. The van der Waals surface area contributed by atoms with Gasteiger partial charge in [0.05, 0.1) is 19.4 Å². The van der Waals surface area contributed by atoms with E-state index in [0.717, 1.165) is 0 Å². The van der Waals surface area contributed by atoms with Crippen molar-refractivity contribution in [3.63, 3.8) is 0 Å². The molecule has 0 fully saturated rings. The average Bonchev–Trinajstić information content (AvgIpc) is 3.18. The van der Waals surface area contributed by atoms with Crippen LogP contribution in [-0.4, -0.2) is 23.5 Å². The zero-order chi connectivity index (χ0) is 16.9. The summed E-state index contributed by atoms with van der Waals surface area (Å²) in [4.78, 5) is 27.7. The van der Waals surface area contributed by atoms with Gasteiger partial charge in [0.15, 0.2) is 11.5 Å². The van der Waals surface area contributed by atoms with Gasteiger partial charge in [-0.2, -0.15) is 0 Å². The van der Waals surface area contributed by atoms with E-state index in [-0.39, 0.29) is 19.0 Å². The van der Waals surface area contributed by atoms with Gasteiger partial charge in [0.2, 0.25) is 5.91 Å². The lowest BCUT2D eigenvalue weighted by Gasteiger charge is -2.07. The lowest BCUT2D eigenvalue weighted by Crippen LogP contribution is -2.39. The number of carbonyl (C=O) groups excluding carboxylic acids is 2. The molecule has 0 radical (unpaired) electrons. The minimum Gasteiger partial charge on any atom is -0.467 e. The molecular weight excluding hydrogens is 312 g/mol. The third-order valence-electron chi connectivity index (χ3n) is 3.19. The number of benzene rings is 1. The van der Waals surface area contributed by atoms with Crippen LogP contribution in [0.25, 0.3) is 11.1 Å². The number of rotatable bonds is 5. The van der Waals surface area contributed by atoms with Crippen LogP contribution in [-0.2, 0) is 11.3 Å². The largest absolute Gasteiger partial charge is 0.467 e. The molecule has 0 aliphatic heterocycles. The minimum absolute atomic E-state index is 0.153. The van der Waals surface area contributed by atoms with Crippen LogP contribution in [0.3, 0.4) is 0 Å². The summed E-state index contributed by atoms with van der Waals surface area (Å²) < 4.78 is 10.5. The number of anilines is 1. The van der Waals surface area contributed by atoms with E-state index in [1.807, 2.05) is 0 Å². The molecule has 24 heavy (non-hydrogen) atoms. The van der Waals surface area contributed by atoms with Gasteiger partial charge in [-0.15, -0.1) is 0 Å². The van der Waals surface area contributed by atoms with Crippen LogP contribution in [0.2, 0.25) is 0 Å². The van der Waals surface area contributed by atoms with Crippen molar-refractivity contribution in [2.24, 2.45) is 0 Å². The van der Waals surface area contributed by atoms with Gasteiger partial charge in [0, 0.05) is 12.6 Å². The molecule has 0 aliphatic rings. The van der Waals surface area contributed by atoms with Crippen molar-refractivity contribution in [2.75, 3.05) is 11.9 Å². The lowest BCUT2D eigenvalue weighted by atomic mass is 10.3. The van der Waals surface area contributed by atoms with Crippen LogP contribution in [0.15, 0.2) is 45.4 Å². The van der Waals surface area contributed by atoms with Crippen molar-refractivity contribution in [1.29, 1.82) is 0 Å². The lowest BCUT2D eigenvalue weighted by molar-refractivity contribution is -0.115. The maximum absolute atomic E-state index is 11.9. The van der Waals surface area contributed by atoms with Crippen LogP contribution in [0.1, 0.15) is 11.7 Å². The summed E-state index contributed by atoms with van der Waals surface area (Å²) in [5, 5.41) is 7.74. The molecule has 0 spiro atoms. The summed E-state index contributed by atoms with van der Waals surface area (Å²) >= 11 is 0. The van der Waals surface area contributed by atoms with Crippen molar-refractivity contribution in [1.82, 2.24) is 15.6 Å². The van der Waals surface area contributed by atoms with E-state index in [0.29, 0.717) is 28.4 Å². The molecule has 0 saturated heterocycles. The van der Waals surface area contributed by atoms with Gasteiger partial charge in [0.25, 0.3) is 0 Å². The first-order valence-electron chi connectivity index (χ1n) is 7.31. The second-order valence-electron chi connectivity index (χ2n) is 5.08. The quantitative estimate of drug-likeness (QED) is 0.665. The summed E-state index contributed by atoms with van der Waals surface area (Å²) in [6.45, 7) is 1.85. The van der Waals surface area contributed by atoms with Gasteiger partial charge >= 0.3 is 6.03 Å². The number of carbonyl (C=O) groups is 2. The van der Waals surface area contributed by atoms with Crippen LogP contribution in [0, 0.1) is 6.92 Å². The molecule has 2 heterocycles. The average molecular weight is 328 g/mol. The number of nitrogens with one attached hydrogen (secondary N) is 3. The smallest absolute Gasteiger partial charge is 0.315 e. The van der Waals surface area contributed by atoms with Gasteiger partial charge in [-0.25, -0.2) is 9.78 Å². The van der Waals surface area contributed by atoms with E-state index in [1.54, 1.807) is 37.3 Å². The summed E-state index contributed by atoms with van der Waals surface area (Å²) in [5.41, 5.74) is 1.90. The van der Waals surface area contributed by atoms with Crippen molar-refractivity contribution < 1.29 is 18.4 Å². The van der Waals surface area contributed by atoms with E-state index in [4.69, 9.17) is 8.83 Å². The molecule has 124 valence electrons. The number of amides is 3. The highest BCUT2D eigenvalue weighted by atomic mass is 16.3. The van der Waals surface area contributed by atoms with Crippen molar-refractivity contribution >= 4 is 28.7 Å². The molecule has 8 nitrogen and oxygen atoms in total. The molecule has 0 unspecified atom stereocenters. The molecule has 3 rings (SSSR count). The second-order valence-corrected chi connectivity index (χ2v) is 5.08. The zero-order valence-corrected chi connectivity index (χ0v) is 13.0. The molecular formula is C16H16N4O4. The Morgan fingerprint density at radius 1 is 1.21 bits per heavy atom. The molecule has 3 amide bonds. The van der Waals surface area contributed by atoms with Gasteiger partial charge in [-0.1, -0.05) is 0 Å². The molecule has 1 aromatic carbocycles. The molecule has 0 saturated carbocycles. The van der Waals surface area contributed by atoms with Crippen LogP contribution in [0.4, 0.5) is 10.5 Å². The predicted molar refractivity (Wildman–Crippen MR) is 86.3 cm³/mol. The number of oxazole rings is 1. The van der Waals surface area contributed by atoms with Gasteiger partial charge in [-0.05, 0) is 30.3 Å². The fourth-order valence-electron chi connectivity index (χ4n) is 2.13. The fraction of sp³-hybridized carbons (Fsp3) is 0.188. The molecule has 2 aromatic heterocycles. The Labute approximate surface area is 137 Å². The van der Waals surface area contributed by atoms with E-state index >= 15 is 0 Å². The maximum Gasteiger partial charge on any atom is 0.315 e. The summed E-state index contributed by atoms with van der Waals surface area (Å²) in [5.74, 6) is 0.844. The van der Waals surface area contributed by atoms with Crippen molar-refractivity contribution in [3.8, 4) is 0 Å². The number of hydrogen-bond donors (Lipinski definition) is 3. The van der Waals surface area contributed by atoms with Gasteiger partial charge in [0.1, 0.15) is 11.3 Å². The van der Waals surface area contributed by atoms with E-state index in [1.165, 1.54) is 6.26 Å². The van der Waals surface area contributed by atoms with Crippen LogP contribution < -0.4 is 16.0 Å². The third kappa shape index (κ3) is 3.92. The number of fused-ring (bicyclic) bond motifs is 1. The van der Waals surface area contributed by atoms with Crippen molar-refractivity contribution in [2.45, 2.75) is 13.5 Å². The van der Waals surface area contributed by atoms with Crippen LogP contribution in [0.5, 0.6) is 0 Å². The number of hydrogen-bond acceptors (Lipinski definition) is 5. The highest BCUT2D eigenvalue weighted by molar-refractivity contribution is 5.95. The molecule has 0 atom stereocenters. The number of aryl methyl sites for hydroxylation is 1. The Hall–Kier alpha value is -3.29. The molecule has 8 heteroatoms. The maximum atomic E-state index is 11.9. The summed E-state index contributed by atoms with van der Waals surface area (Å²) in [7, 11) is 0. The topological polar surface area (TPSA) is 109 Å². The second kappa shape index (κ2) is 6.86. The van der Waals surface area contributed by atoms with E-state index in [2.05, 4.69) is 20.9 Å². The Balaban J connectivity index is 1.46. The standard InChI is InChI=1S/C16H16N4O4/c1-10-19-13-7-11(4-5-14(13)24-10)20-15(21)9-18-16(22)17-8-12-3-2-6-23-12/h2-7H,8-9H2,1H3,(H,20,21)(H2,17,18,22). The molecule has 3 aromatic rings. The first-order chi connectivity index (χ1) is 11.6. The monoisotopic (exact) mass is 328 g/mol. The first-order valence-corrected chi connectivity index (χ1v) is 7.31. The third-order valence-corrected chi connectivity index (χ3v) is 3.19. The fourth-order valence-corrected chi connectivity index (χ4v) is 2.13. The Kier molecular flexibility index (Phi) is 4.46. The Morgan fingerprint density at radius 3 is 2.88 bits per heavy atom. The number of urea groups is 1. The predicted octanol–water partition coefficient (Wildman–Crippen LogP) is 2.17. The highest BCUT2D eigenvalue weighted by Gasteiger charge is 2.08. The Morgan fingerprint density at radius 2 is 2.08 bits per heavy atom. The first kappa shape index (κ1) is 15.6. The number of nitrogens with zero attached hydrogens (tertiary/aromatic N) is 1. The van der Waals surface area contributed by atoms with E-state index < -0.39 is 6.03 Å². The molecule has 0 bridgehead atoms. The normalized spacial score (nSPS) is 10.5. The van der Waals surface area contributed by atoms with Gasteiger partial charge in [-0.3, -0.25) is 4.79 Å². The minimum atomic E-state index is -0.455. The molecule has 3 N–H and O–H groups in total. The van der Waals surface area contributed by atoms with Gasteiger partial charge < -0.3 is 24.8 Å². The molecule has 0 aliphatic carbocycles. The summed E-state index contributed by atoms with van der Waals surface area (Å²) in [6, 6.07) is 8.17. The SMILES string of the molecule is Cc1nc2cc(NC(=O)CNC(=O)NCc3ccco3)ccc2o1. The number of aromatic nitrogens is 1. The summed E-state index contributed by atoms with van der Waals surface area (Å²) in [6.07, 6.45) is 1.52. The number of furan rings is 1. The van der Waals surface area contributed by atoms with Crippen LogP contribution >= 0.6 is 0 Å². The van der Waals surface area contributed by atoms with Crippen molar-refractivity contribution in [3.05, 3.63) is 48.2 Å².